The Bertz CT molecular complexity index is 428. The van der Waals surface area contributed by atoms with Gasteiger partial charge >= 0.3 is 5.97 Å². The molecule has 0 unspecified atom stereocenters. The van der Waals surface area contributed by atoms with Crippen LogP contribution < -0.4 is 4.90 Å². The maximum Gasteiger partial charge on any atom is 0.339 e. The molecule has 1 aliphatic heterocycles. The zero-order chi connectivity index (χ0) is 13.1. The molecule has 6 nitrogen and oxygen atoms in total. The number of hydrogen-bond donors (Lipinski definition) is 1. The fourth-order valence-electron chi connectivity index (χ4n) is 2.32. The van der Waals surface area contributed by atoms with Crippen molar-refractivity contribution in [3.63, 3.8) is 0 Å². The normalized spacial score (nSPS) is 17.2. The van der Waals surface area contributed by atoms with Crippen LogP contribution >= 0.6 is 0 Å². The van der Waals surface area contributed by atoms with Crippen molar-refractivity contribution in [1.82, 2.24) is 15.1 Å². The molecule has 0 saturated carbocycles. The Morgan fingerprint density at radius 1 is 1.44 bits per heavy atom. The zero-order valence-electron chi connectivity index (χ0n) is 10.7. The Morgan fingerprint density at radius 3 is 2.67 bits per heavy atom. The summed E-state index contributed by atoms with van der Waals surface area (Å²) >= 11 is 0. The molecule has 1 aliphatic rings. The van der Waals surface area contributed by atoms with Crippen LogP contribution in [0.4, 0.5) is 5.82 Å². The zero-order valence-corrected chi connectivity index (χ0v) is 10.7. The average Bonchev–Trinajstić information content (AvgIpc) is 2.39. The number of anilines is 1. The van der Waals surface area contributed by atoms with E-state index in [0.717, 1.165) is 25.9 Å². The van der Waals surface area contributed by atoms with Gasteiger partial charge in [0.05, 0.1) is 6.20 Å². The first-order valence-corrected chi connectivity index (χ1v) is 6.06. The van der Waals surface area contributed by atoms with Crippen molar-refractivity contribution >= 4 is 11.8 Å². The lowest BCUT2D eigenvalue weighted by molar-refractivity contribution is 0.0696. The highest BCUT2D eigenvalue weighted by Crippen LogP contribution is 2.22. The summed E-state index contributed by atoms with van der Waals surface area (Å²) in [5.74, 6) is -0.461. The van der Waals surface area contributed by atoms with Gasteiger partial charge in [-0.2, -0.15) is 5.10 Å². The SMILES string of the molecule is CN(C)C1CCN(c2nnccc2C(=O)O)CC1. The molecule has 0 amide bonds. The molecule has 0 aliphatic carbocycles. The molecule has 0 bridgehead atoms. The predicted molar refractivity (Wildman–Crippen MR) is 67.9 cm³/mol. The van der Waals surface area contributed by atoms with Crippen LogP contribution in [-0.4, -0.2) is 59.4 Å². The number of carboxylic acids is 1. The van der Waals surface area contributed by atoms with Crippen molar-refractivity contribution < 1.29 is 9.90 Å². The van der Waals surface area contributed by atoms with Crippen LogP contribution in [0.3, 0.4) is 0 Å². The van der Waals surface area contributed by atoms with Crippen molar-refractivity contribution in [2.45, 2.75) is 18.9 Å². The molecule has 6 heteroatoms. The Morgan fingerprint density at radius 2 is 2.11 bits per heavy atom. The second-order valence-corrected chi connectivity index (χ2v) is 4.76. The van der Waals surface area contributed by atoms with Gasteiger partial charge in [0.25, 0.3) is 0 Å². The van der Waals surface area contributed by atoms with Crippen LogP contribution in [-0.2, 0) is 0 Å². The molecule has 0 spiro atoms. The van der Waals surface area contributed by atoms with Crippen molar-refractivity contribution in [2.75, 3.05) is 32.1 Å². The Hall–Kier alpha value is -1.69. The number of carbonyl (C=O) groups is 1. The second-order valence-electron chi connectivity index (χ2n) is 4.76. The highest BCUT2D eigenvalue weighted by Gasteiger charge is 2.24. The number of carboxylic acid groups (broad SMARTS) is 1. The van der Waals surface area contributed by atoms with Gasteiger partial charge in [0.15, 0.2) is 5.82 Å². The maximum atomic E-state index is 11.1. The molecule has 1 aromatic rings. The van der Waals surface area contributed by atoms with Gasteiger partial charge < -0.3 is 14.9 Å². The standard InChI is InChI=1S/C12H18N4O2/c1-15(2)9-4-7-16(8-5-9)11-10(12(17)18)3-6-13-14-11/h3,6,9H,4-5,7-8H2,1-2H3,(H,17,18). The molecular weight excluding hydrogens is 232 g/mol. The van der Waals surface area contributed by atoms with Gasteiger partial charge in [-0.15, -0.1) is 5.10 Å². The predicted octanol–water partition coefficient (Wildman–Crippen LogP) is 0.705. The van der Waals surface area contributed by atoms with Gasteiger partial charge in [0.2, 0.25) is 0 Å². The van der Waals surface area contributed by atoms with Gasteiger partial charge in [-0.3, -0.25) is 0 Å². The molecular formula is C12H18N4O2. The van der Waals surface area contributed by atoms with E-state index in [-0.39, 0.29) is 5.56 Å². The monoisotopic (exact) mass is 250 g/mol. The molecule has 0 radical (unpaired) electrons. The number of hydrogen-bond acceptors (Lipinski definition) is 5. The van der Waals surface area contributed by atoms with E-state index in [9.17, 15) is 4.79 Å². The van der Waals surface area contributed by atoms with E-state index in [4.69, 9.17) is 5.11 Å². The number of piperidine rings is 1. The van der Waals surface area contributed by atoms with E-state index in [1.807, 2.05) is 4.90 Å². The van der Waals surface area contributed by atoms with E-state index in [1.54, 1.807) is 0 Å². The van der Waals surface area contributed by atoms with E-state index in [1.165, 1.54) is 12.3 Å². The van der Waals surface area contributed by atoms with Gasteiger partial charge in [0.1, 0.15) is 5.56 Å². The van der Waals surface area contributed by atoms with Gasteiger partial charge in [-0.05, 0) is 33.0 Å². The smallest absolute Gasteiger partial charge is 0.339 e. The fraction of sp³-hybridized carbons (Fsp3) is 0.583. The molecule has 0 atom stereocenters. The van der Waals surface area contributed by atoms with E-state index in [0.29, 0.717) is 11.9 Å². The van der Waals surface area contributed by atoms with Gasteiger partial charge in [0, 0.05) is 19.1 Å². The van der Waals surface area contributed by atoms with Crippen LogP contribution in [0.2, 0.25) is 0 Å². The Balaban J connectivity index is 2.12. The van der Waals surface area contributed by atoms with Crippen LogP contribution in [0.15, 0.2) is 12.3 Å². The lowest BCUT2D eigenvalue weighted by Crippen LogP contribution is -2.42. The van der Waals surface area contributed by atoms with Crippen LogP contribution in [0, 0.1) is 0 Å². The molecule has 1 aromatic heterocycles. The molecule has 1 saturated heterocycles. The van der Waals surface area contributed by atoms with Crippen molar-refractivity contribution in [3.8, 4) is 0 Å². The summed E-state index contributed by atoms with van der Waals surface area (Å²) in [5.41, 5.74) is 0.230. The molecule has 2 heterocycles. The highest BCUT2D eigenvalue weighted by molar-refractivity contribution is 5.93. The minimum absolute atomic E-state index is 0.230. The summed E-state index contributed by atoms with van der Waals surface area (Å²) in [6.07, 6.45) is 3.45. The fourth-order valence-corrected chi connectivity index (χ4v) is 2.32. The summed E-state index contributed by atoms with van der Waals surface area (Å²) in [4.78, 5) is 15.4. The molecule has 0 aromatic carbocycles. The minimum Gasteiger partial charge on any atom is -0.478 e. The topological polar surface area (TPSA) is 69.6 Å². The average molecular weight is 250 g/mol. The van der Waals surface area contributed by atoms with Gasteiger partial charge in [-0.1, -0.05) is 0 Å². The first-order valence-electron chi connectivity index (χ1n) is 6.06. The summed E-state index contributed by atoms with van der Waals surface area (Å²) in [5, 5.41) is 16.9. The summed E-state index contributed by atoms with van der Waals surface area (Å²) in [6, 6.07) is 2.06. The quantitative estimate of drug-likeness (QED) is 0.852. The molecule has 1 N–H and O–H groups in total. The summed E-state index contributed by atoms with van der Waals surface area (Å²) in [7, 11) is 4.15. The van der Waals surface area contributed by atoms with Crippen LogP contribution in [0.1, 0.15) is 23.2 Å². The van der Waals surface area contributed by atoms with Crippen molar-refractivity contribution in [1.29, 1.82) is 0 Å². The van der Waals surface area contributed by atoms with Crippen molar-refractivity contribution in [2.24, 2.45) is 0 Å². The highest BCUT2D eigenvalue weighted by atomic mass is 16.4. The Labute approximate surface area is 106 Å². The summed E-state index contributed by atoms with van der Waals surface area (Å²) < 4.78 is 0. The summed E-state index contributed by atoms with van der Waals surface area (Å²) in [6.45, 7) is 1.64. The number of nitrogens with zero attached hydrogens (tertiary/aromatic N) is 4. The van der Waals surface area contributed by atoms with Crippen LogP contribution in [0.5, 0.6) is 0 Å². The maximum absolute atomic E-state index is 11.1. The van der Waals surface area contributed by atoms with E-state index >= 15 is 0 Å². The third-order valence-corrected chi connectivity index (χ3v) is 3.43. The molecule has 2 rings (SSSR count). The lowest BCUT2D eigenvalue weighted by atomic mass is 10.0. The number of aromatic carboxylic acids is 1. The molecule has 98 valence electrons. The third-order valence-electron chi connectivity index (χ3n) is 3.43. The third kappa shape index (κ3) is 2.59. The Kier molecular flexibility index (Phi) is 3.76. The van der Waals surface area contributed by atoms with E-state index < -0.39 is 5.97 Å². The van der Waals surface area contributed by atoms with Gasteiger partial charge in [-0.25, -0.2) is 4.79 Å². The first-order chi connectivity index (χ1) is 8.59. The van der Waals surface area contributed by atoms with Crippen LogP contribution in [0.25, 0.3) is 0 Å². The molecule has 1 fully saturated rings. The molecule has 18 heavy (non-hydrogen) atoms. The van der Waals surface area contributed by atoms with Crippen molar-refractivity contribution in [3.05, 3.63) is 17.8 Å². The second kappa shape index (κ2) is 5.30. The lowest BCUT2D eigenvalue weighted by Gasteiger charge is -2.35. The van der Waals surface area contributed by atoms with E-state index in [2.05, 4.69) is 29.2 Å². The largest absolute Gasteiger partial charge is 0.478 e. The number of aromatic nitrogens is 2. The first kappa shape index (κ1) is 12.8. The minimum atomic E-state index is -0.949. The number of rotatable bonds is 3.